The maximum absolute atomic E-state index is 2.27. The van der Waals surface area contributed by atoms with Gasteiger partial charge in [0.25, 0.3) is 0 Å². The van der Waals surface area contributed by atoms with Crippen LogP contribution in [-0.2, 0) is 19.2 Å². The zero-order valence-electron chi connectivity index (χ0n) is 18.1. The van der Waals surface area contributed by atoms with Gasteiger partial charge in [0.2, 0.25) is 0 Å². The van der Waals surface area contributed by atoms with E-state index < -0.39 is 0 Å². The summed E-state index contributed by atoms with van der Waals surface area (Å²) >= 11 is 2.27. The van der Waals surface area contributed by atoms with Gasteiger partial charge in [0.1, 0.15) is 0 Å². The molecule has 0 N–H and O–H groups in total. The molecule has 0 fully saturated rings. The summed E-state index contributed by atoms with van der Waals surface area (Å²) in [5.74, 6) is 0. The monoisotopic (exact) mass is 506 g/mol. The predicted octanol–water partition coefficient (Wildman–Crippen LogP) is 2.22. The van der Waals surface area contributed by atoms with Crippen LogP contribution in [0.1, 0.15) is 0 Å². The van der Waals surface area contributed by atoms with Crippen molar-refractivity contribution in [3.63, 3.8) is 0 Å². The molecule has 160 valence electrons. The molecule has 0 atom stereocenters. The van der Waals surface area contributed by atoms with Crippen molar-refractivity contribution in [2.45, 2.75) is 13.1 Å². The Kier molecular flexibility index (Phi) is 10.2. The van der Waals surface area contributed by atoms with E-state index in [9.17, 15) is 0 Å². The summed E-state index contributed by atoms with van der Waals surface area (Å²) in [6.45, 7) is 4.54. The number of hydrogen-bond acceptors (Lipinski definition) is 0. The molecular weight excluding hydrogens is 483 g/mol. The summed E-state index contributed by atoms with van der Waals surface area (Å²) in [6, 6.07) is 38.6. The molecular formula is C28H24Cl2SiTi-2. The standard InChI is InChI=1S/2C13H9.C2H6Si.2ClH.Ti/c2*1-2-6-12-10(4-1)8-9-11-5-3-7-13(11)12;1-3-2;;;/h2*1-9H;1-2H3;2*1H;/q2*-1;;;;+2/p-2. The van der Waals surface area contributed by atoms with Gasteiger partial charge in [-0.25, -0.2) is 0 Å². The fourth-order valence-electron chi connectivity index (χ4n) is 3.78. The number of fused-ring (bicyclic) bond motifs is 6. The van der Waals surface area contributed by atoms with Gasteiger partial charge < -0.3 is 24.8 Å². The normalized spacial score (nSPS) is 9.88. The number of benzene rings is 4. The first kappa shape index (κ1) is 26.4. The van der Waals surface area contributed by atoms with Gasteiger partial charge in [0.15, 0.2) is 0 Å². The average molecular weight is 507 g/mol. The topological polar surface area (TPSA) is 0 Å². The van der Waals surface area contributed by atoms with Gasteiger partial charge in [-0.15, -0.1) is 45.8 Å². The summed E-state index contributed by atoms with van der Waals surface area (Å²) in [5.41, 5.74) is 0. The Balaban J connectivity index is 0.000000185. The summed E-state index contributed by atoms with van der Waals surface area (Å²) < 4.78 is 0. The molecule has 0 aliphatic rings. The van der Waals surface area contributed by atoms with Crippen molar-refractivity contribution in [2.24, 2.45) is 0 Å². The summed E-state index contributed by atoms with van der Waals surface area (Å²) in [6.07, 6.45) is 0.120. The minimum atomic E-state index is 0. The molecule has 0 saturated heterocycles. The second kappa shape index (κ2) is 12.4. The Bertz CT molecular complexity index is 1340. The molecule has 0 aliphatic heterocycles. The largest absolute Gasteiger partial charge is 1.00 e. The fourth-order valence-corrected chi connectivity index (χ4v) is 3.78. The number of hydrogen-bond donors (Lipinski definition) is 0. The maximum Gasteiger partial charge on any atom is -0.0370 e. The van der Waals surface area contributed by atoms with E-state index in [1.807, 2.05) is 0 Å². The fraction of sp³-hybridized carbons (Fsp3) is 0.0714. The quantitative estimate of drug-likeness (QED) is 0.219. The van der Waals surface area contributed by atoms with E-state index in [-0.39, 0.29) is 31.0 Å². The molecule has 6 aromatic carbocycles. The van der Waals surface area contributed by atoms with Crippen LogP contribution < -0.4 is 24.8 Å². The Labute approximate surface area is 214 Å². The summed E-state index contributed by atoms with van der Waals surface area (Å²) in [5, 5.41) is 10.7. The van der Waals surface area contributed by atoms with Gasteiger partial charge in [-0.05, 0) is 10.8 Å². The van der Waals surface area contributed by atoms with Gasteiger partial charge in [0, 0.05) is 0 Å². The van der Waals surface area contributed by atoms with Crippen LogP contribution in [0.15, 0.2) is 109 Å². The Hall–Kier alpha value is -1.87. The van der Waals surface area contributed by atoms with Gasteiger partial charge in [-0.2, -0.15) is 24.3 Å². The van der Waals surface area contributed by atoms with Gasteiger partial charge in [-0.3, -0.25) is 0 Å². The Morgan fingerprint density at radius 3 is 1.31 bits per heavy atom. The Morgan fingerprint density at radius 1 is 0.531 bits per heavy atom. The van der Waals surface area contributed by atoms with Crippen molar-refractivity contribution in [1.82, 2.24) is 0 Å². The SMILES string of the molecule is C[Si](C)=[Ti+2].[Cl-].[Cl-].c1ccc2c(c1)ccc1[cH-]ccc12.c1ccc2c(c1)ccc1[cH-]ccc12. The zero-order valence-corrected chi connectivity index (χ0v) is 22.2. The summed E-state index contributed by atoms with van der Waals surface area (Å²) in [4.78, 5) is 0. The van der Waals surface area contributed by atoms with E-state index >= 15 is 0 Å². The van der Waals surface area contributed by atoms with E-state index in [2.05, 4.69) is 141 Å². The second-order valence-electron chi connectivity index (χ2n) is 7.63. The first-order valence-corrected chi connectivity index (χ1v) is 15.1. The molecule has 0 nitrogen and oxygen atoms in total. The van der Waals surface area contributed by atoms with E-state index in [0.717, 1.165) is 0 Å². The van der Waals surface area contributed by atoms with Crippen LogP contribution >= 0.6 is 0 Å². The van der Waals surface area contributed by atoms with Crippen molar-refractivity contribution in [3.05, 3.63) is 109 Å². The second-order valence-corrected chi connectivity index (χ2v) is 14.3. The summed E-state index contributed by atoms with van der Waals surface area (Å²) in [7, 11) is 0. The molecule has 0 radical (unpaired) electrons. The molecule has 0 aliphatic carbocycles. The van der Waals surface area contributed by atoms with Crippen LogP contribution in [0.4, 0.5) is 0 Å². The predicted molar refractivity (Wildman–Crippen MR) is 132 cm³/mol. The van der Waals surface area contributed by atoms with Crippen LogP contribution in [-0.4, -0.2) is 6.19 Å². The van der Waals surface area contributed by atoms with Crippen molar-refractivity contribution >= 4 is 49.3 Å². The van der Waals surface area contributed by atoms with Gasteiger partial charge in [-0.1, -0.05) is 71.4 Å². The van der Waals surface area contributed by atoms with E-state index in [1.165, 1.54) is 43.1 Å². The van der Waals surface area contributed by atoms with E-state index in [0.29, 0.717) is 0 Å². The average Bonchev–Trinajstić information content (AvgIpc) is 3.43. The van der Waals surface area contributed by atoms with Crippen LogP contribution in [0.5, 0.6) is 0 Å². The third-order valence-corrected chi connectivity index (χ3v) is 5.09. The van der Waals surface area contributed by atoms with Crippen LogP contribution in [0.25, 0.3) is 43.1 Å². The molecule has 32 heavy (non-hydrogen) atoms. The first-order chi connectivity index (χ1) is 14.6. The molecule has 0 spiro atoms. The van der Waals surface area contributed by atoms with Crippen LogP contribution in [0.3, 0.4) is 0 Å². The number of rotatable bonds is 0. The molecule has 0 aromatic heterocycles. The molecule has 0 amide bonds. The van der Waals surface area contributed by atoms with Crippen molar-refractivity contribution in [1.29, 1.82) is 0 Å². The Morgan fingerprint density at radius 2 is 0.906 bits per heavy atom. The number of halogens is 2. The van der Waals surface area contributed by atoms with Crippen molar-refractivity contribution in [3.8, 4) is 0 Å². The molecule has 4 heteroatoms. The molecule has 0 heterocycles. The smallest absolute Gasteiger partial charge is 0.0370 e. The first-order valence-electron chi connectivity index (χ1n) is 10.2. The maximum atomic E-state index is 2.27. The zero-order chi connectivity index (χ0) is 20.9. The molecule has 6 aromatic rings. The molecule has 6 rings (SSSR count). The third kappa shape index (κ3) is 6.13. The van der Waals surface area contributed by atoms with Crippen LogP contribution in [0, 0.1) is 0 Å². The van der Waals surface area contributed by atoms with Gasteiger partial charge >= 0.3 is 38.5 Å². The molecule has 0 bridgehead atoms. The third-order valence-electron chi connectivity index (χ3n) is 5.09. The van der Waals surface area contributed by atoms with E-state index in [4.69, 9.17) is 0 Å². The van der Waals surface area contributed by atoms with Gasteiger partial charge in [0.05, 0.1) is 0 Å². The molecule has 0 saturated carbocycles. The van der Waals surface area contributed by atoms with Crippen LogP contribution in [0.2, 0.25) is 13.1 Å². The van der Waals surface area contributed by atoms with E-state index in [1.54, 1.807) is 0 Å². The minimum absolute atomic E-state index is 0. The van der Waals surface area contributed by atoms with Crippen molar-refractivity contribution < 1.29 is 44.0 Å². The van der Waals surface area contributed by atoms with Crippen molar-refractivity contribution in [2.75, 3.05) is 0 Å². The minimum Gasteiger partial charge on any atom is -1.00 e. The molecule has 0 unspecified atom stereocenters.